The number of anilines is 1. The van der Waals surface area contributed by atoms with Gasteiger partial charge in [-0.2, -0.15) is 0 Å². The standard InChI is InChI=1S/C13H15N3O2S2/c1-3-14-12-15-16-13(20-12)19-8-10(17)9-6-4-5-7-11(9)18-2/h4-7H,3,8H2,1-2H3,(H,14,15). The minimum atomic E-state index is 0.0210. The number of methoxy groups -OCH3 is 1. The van der Waals surface area contributed by atoms with Crippen molar-refractivity contribution in [3.8, 4) is 5.75 Å². The Balaban J connectivity index is 1.97. The third kappa shape index (κ3) is 3.71. The maximum atomic E-state index is 12.2. The van der Waals surface area contributed by atoms with Crippen LogP contribution < -0.4 is 10.1 Å². The molecular weight excluding hydrogens is 294 g/mol. The van der Waals surface area contributed by atoms with Crippen LogP contribution in [0.25, 0.3) is 0 Å². The molecule has 1 aromatic carbocycles. The number of hydrogen-bond donors (Lipinski definition) is 1. The summed E-state index contributed by atoms with van der Waals surface area (Å²) in [6, 6.07) is 7.23. The molecule has 0 fully saturated rings. The first-order valence-electron chi connectivity index (χ1n) is 6.11. The summed E-state index contributed by atoms with van der Waals surface area (Å²) in [5, 5.41) is 11.9. The first-order chi connectivity index (χ1) is 9.74. The molecule has 0 saturated heterocycles. The molecule has 0 amide bonds. The maximum absolute atomic E-state index is 12.2. The Labute approximate surface area is 125 Å². The number of rotatable bonds is 7. The van der Waals surface area contributed by atoms with Crippen molar-refractivity contribution in [2.75, 3.05) is 24.7 Å². The van der Waals surface area contributed by atoms with Gasteiger partial charge in [-0.05, 0) is 19.1 Å². The Morgan fingerprint density at radius 2 is 2.20 bits per heavy atom. The van der Waals surface area contributed by atoms with Gasteiger partial charge in [-0.15, -0.1) is 10.2 Å². The van der Waals surface area contributed by atoms with Crippen molar-refractivity contribution in [3.63, 3.8) is 0 Å². The van der Waals surface area contributed by atoms with Gasteiger partial charge in [-0.3, -0.25) is 4.79 Å². The highest BCUT2D eigenvalue weighted by molar-refractivity contribution is 8.01. The second-order valence-corrected chi connectivity index (χ2v) is 6.02. The molecule has 0 aliphatic carbocycles. The molecule has 7 heteroatoms. The topological polar surface area (TPSA) is 64.1 Å². The molecule has 0 aliphatic rings. The lowest BCUT2D eigenvalue weighted by Crippen LogP contribution is -2.04. The van der Waals surface area contributed by atoms with Crippen LogP contribution in [-0.2, 0) is 0 Å². The molecule has 0 unspecified atom stereocenters. The smallest absolute Gasteiger partial charge is 0.206 e. The fourth-order valence-corrected chi connectivity index (χ4v) is 3.27. The third-order valence-corrected chi connectivity index (χ3v) is 4.48. The van der Waals surface area contributed by atoms with E-state index in [4.69, 9.17) is 4.74 Å². The van der Waals surface area contributed by atoms with Gasteiger partial charge in [0.15, 0.2) is 10.1 Å². The zero-order valence-corrected chi connectivity index (χ0v) is 12.9. The summed E-state index contributed by atoms with van der Waals surface area (Å²) < 4.78 is 5.97. The van der Waals surface area contributed by atoms with Crippen molar-refractivity contribution in [2.24, 2.45) is 0 Å². The SMILES string of the molecule is CCNc1nnc(SCC(=O)c2ccccc2OC)s1. The van der Waals surface area contributed by atoms with Crippen molar-refractivity contribution in [1.82, 2.24) is 10.2 Å². The highest BCUT2D eigenvalue weighted by atomic mass is 32.2. The summed E-state index contributed by atoms with van der Waals surface area (Å²) >= 11 is 2.84. The number of carbonyl (C=O) groups is 1. The molecule has 106 valence electrons. The second kappa shape index (κ2) is 7.25. The Hall–Kier alpha value is -1.60. The molecular formula is C13H15N3O2S2. The minimum Gasteiger partial charge on any atom is -0.496 e. The lowest BCUT2D eigenvalue weighted by atomic mass is 10.1. The van der Waals surface area contributed by atoms with E-state index < -0.39 is 0 Å². The van der Waals surface area contributed by atoms with Gasteiger partial charge in [0.25, 0.3) is 0 Å². The van der Waals surface area contributed by atoms with Crippen molar-refractivity contribution >= 4 is 34.0 Å². The molecule has 0 radical (unpaired) electrons. The number of para-hydroxylation sites is 1. The summed E-state index contributed by atoms with van der Waals surface area (Å²) in [7, 11) is 1.56. The number of aromatic nitrogens is 2. The molecule has 0 atom stereocenters. The number of nitrogens with one attached hydrogen (secondary N) is 1. The maximum Gasteiger partial charge on any atom is 0.206 e. The van der Waals surface area contributed by atoms with E-state index in [1.807, 2.05) is 19.1 Å². The predicted molar refractivity (Wildman–Crippen MR) is 82.1 cm³/mol. The van der Waals surface area contributed by atoms with Crippen LogP contribution in [0.4, 0.5) is 5.13 Å². The average Bonchev–Trinajstić information content (AvgIpc) is 2.93. The molecule has 1 aromatic heterocycles. The number of carbonyl (C=O) groups excluding carboxylic acids is 1. The van der Waals surface area contributed by atoms with Gasteiger partial charge in [-0.1, -0.05) is 35.2 Å². The van der Waals surface area contributed by atoms with Crippen LogP contribution in [0.3, 0.4) is 0 Å². The number of benzene rings is 1. The number of hydrogen-bond acceptors (Lipinski definition) is 7. The van der Waals surface area contributed by atoms with E-state index in [1.165, 1.54) is 23.1 Å². The van der Waals surface area contributed by atoms with Gasteiger partial charge in [-0.25, -0.2) is 0 Å². The van der Waals surface area contributed by atoms with E-state index in [1.54, 1.807) is 19.2 Å². The molecule has 0 spiro atoms. The van der Waals surface area contributed by atoms with Crippen molar-refractivity contribution in [1.29, 1.82) is 0 Å². The third-order valence-electron chi connectivity index (χ3n) is 2.47. The number of thioether (sulfide) groups is 1. The van der Waals surface area contributed by atoms with Crippen molar-refractivity contribution < 1.29 is 9.53 Å². The summed E-state index contributed by atoms with van der Waals surface area (Å²) in [5.41, 5.74) is 0.596. The van der Waals surface area contributed by atoms with Crippen LogP contribution in [-0.4, -0.2) is 35.4 Å². The average molecular weight is 309 g/mol. The quantitative estimate of drug-likeness (QED) is 0.626. The van der Waals surface area contributed by atoms with Crippen LogP contribution in [0.2, 0.25) is 0 Å². The molecule has 5 nitrogen and oxygen atoms in total. The van der Waals surface area contributed by atoms with Crippen LogP contribution in [0, 0.1) is 0 Å². The predicted octanol–water partition coefficient (Wildman–Crippen LogP) is 2.95. The highest BCUT2D eigenvalue weighted by Crippen LogP contribution is 2.27. The Kier molecular flexibility index (Phi) is 5.37. The number of ketones is 1. The Morgan fingerprint density at radius 3 is 2.95 bits per heavy atom. The van der Waals surface area contributed by atoms with Crippen LogP contribution in [0.5, 0.6) is 5.75 Å². The van der Waals surface area contributed by atoms with E-state index in [2.05, 4.69) is 15.5 Å². The molecule has 2 aromatic rings. The lowest BCUT2D eigenvalue weighted by molar-refractivity contribution is 0.101. The summed E-state index contributed by atoms with van der Waals surface area (Å²) in [4.78, 5) is 12.2. The van der Waals surface area contributed by atoms with Gasteiger partial charge in [0.1, 0.15) is 5.75 Å². The van der Waals surface area contributed by atoms with E-state index in [0.717, 1.165) is 16.0 Å². The van der Waals surface area contributed by atoms with Gasteiger partial charge in [0.05, 0.1) is 18.4 Å². The first kappa shape index (κ1) is 14.8. The molecule has 1 N–H and O–H groups in total. The monoisotopic (exact) mass is 309 g/mol. The van der Waals surface area contributed by atoms with E-state index in [9.17, 15) is 4.79 Å². The Morgan fingerprint density at radius 1 is 1.40 bits per heavy atom. The van der Waals surface area contributed by atoms with Crippen LogP contribution >= 0.6 is 23.1 Å². The van der Waals surface area contributed by atoms with Crippen molar-refractivity contribution in [2.45, 2.75) is 11.3 Å². The zero-order chi connectivity index (χ0) is 14.4. The summed E-state index contributed by atoms with van der Waals surface area (Å²) in [6.07, 6.45) is 0. The largest absolute Gasteiger partial charge is 0.496 e. The molecule has 1 heterocycles. The number of ether oxygens (including phenoxy) is 1. The minimum absolute atomic E-state index is 0.0210. The Bertz CT molecular complexity index is 587. The summed E-state index contributed by atoms with van der Waals surface area (Å²) in [5.74, 6) is 0.942. The highest BCUT2D eigenvalue weighted by Gasteiger charge is 2.13. The van der Waals surface area contributed by atoms with Gasteiger partial charge >= 0.3 is 0 Å². The van der Waals surface area contributed by atoms with Gasteiger partial charge < -0.3 is 10.1 Å². The lowest BCUT2D eigenvalue weighted by Gasteiger charge is -2.05. The normalized spacial score (nSPS) is 10.3. The van der Waals surface area contributed by atoms with E-state index >= 15 is 0 Å². The molecule has 0 saturated carbocycles. The first-order valence-corrected chi connectivity index (χ1v) is 7.91. The van der Waals surface area contributed by atoms with E-state index in [-0.39, 0.29) is 5.78 Å². The zero-order valence-electron chi connectivity index (χ0n) is 11.3. The van der Waals surface area contributed by atoms with Crippen LogP contribution in [0.15, 0.2) is 28.6 Å². The fourth-order valence-electron chi connectivity index (χ4n) is 1.57. The molecule has 0 aliphatic heterocycles. The van der Waals surface area contributed by atoms with Crippen LogP contribution in [0.1, 0.15) is 17.3 Å². The molecule has 20 heavy (non-hydrogen) atoms. The molecule has 2 rings (SSSR count). The van der Waals surface area contributed by atoms with E-state index in [0.29, 0.717) is 17.1 Å². The van der Waals surface area contributed by atoms with Gasteiger partial charge in [0, 0.05) is 6.54 Å². The molecule has 0 bridgehead atoms. The summed E-state index contributed by atoms with van der Waals surface area (Å²) in [6.45, 7) is 2.80. The number of Topliss-reactive ketones (excluding diaryl/α,β-unsaturated/α-hetero) is 1. The second-order valence-electron chi connectivity index (χ2n) is 3.82. The number of nitrogens with zero attached hydrogens (tertiary/aromatic N) is 2. The van der Waals surface area contributed by atoms with Gasteiger partial charge in [0.2, 0.25) is 5.13 Å². The van der Waals surface area contributed by atoms with Crippen molar-refractivity contribution in [3.05, 3.63) is 29.8 Å². The fraction of sp³-hybridized carbons (Fsp3) is 0.308.